The molecular weight excluding hydrogens is 224 g/mol. The van der Waals surface area contributed by atoms with E-state index in [-0.39, 0.29) is 0 Å². The lowest BCUT2D eigenvalue weighted by atomic mass is 10.0. The lowest BCUT2D eigenvalue weighted by molar-refractivity contribution is 0.0921. The zero-order valence-corrected chi connectivity index (χ0v) is 11.5. The normalized spacial score (nSPS) is 20.2. The number of anilines is 1. The zero-order chi connectivity index (χ0) is 13.0. The van der Waals surface area contributed by atoms with Crippen molar-refractivity contribution in [3.05, 3.63) is 29.3 Å². The van der Waals surface area contributed by atoms with Crippen molar-refractivity contribution in [2.45, 2.75) is 32.7 Å². The van der Waals surface area contributed by atoms with E-state index in [1.165, 1.54) is 16.8 Å². The highest BCUT2D eigenvalue weighted by molar-refractivity contribution is 5.60. The topological polar surface area (TPSA) is 38.5 Å². The molecule has 1 aliphatic heterocycles. The molecule has 0 aliphatic carbocycles. The molecule has 1 aliphatic rings. The van der Waals surface area contributed by atoms with Crippen molar-refractivity contribution in [2.75, 3.05) is 31.2 Å². The van der Waals surface area contributed by atoms with Gasteiger partial charge in [-0.1, -0.05) is 25.1 Å². The maximum absolute atomic E-state index is 5.73. The van der Waals surface area contributed by atoms with Crippen molar-refractivity contribution in [3.8, 4) is 0 Å². The molecule has 1 saturated heterocycles. The fraction of sp³-hybridized carbons (Fsp3) is 0.600. The third-order valence-corrected chi connectivity index (χ3v) is 3.72. The molecule has 0 bridgehead atoms. The average Bonchev–Trinajstić information content (AvgIpc) is 2.40. The minimum Gasteiger partial charge on any atom is -0.377 e. The number of hydrogen-bond acceptors (Lipinski definition) is 3. The highest BCUT2D eigenvalue weighted by atomic mass is 16.5. The van der Waals surface area contributed by atoms with Gasteiger partial charge in [-0.2, -0.15) is 0 Å². The van der Waals surface area contributed by atoms with Crippen LogP contribution in [0.4, 0.5) is 5.69 Å². The van der Waals surface area contributed by atoms with Gasteiger partial charge < -0.3 is 15.4 Å². The summed E-state index contributed by atoms with van der Waals surface area (Å²) in [6, 6.07) is 7.01. The van der Waals surface area contributed by atoms with Crippen molar-refractivity contribution in [2.24, 2.45) is 5.73 Å². The summed E-state index contributed by atoms with van der Waals surface area (Å²) in [7, 11) is 0. The minimum atomic E-state index is 0.426. The smallest absolute Gasteiger partial charge is 0.0671 e. The SMILES string of the molecule is CCc1cccc(C)c1N1CCOCC1CCN. The molecule has 18 heavy (non-hydrogen) atoms. The summed E-state index contributed by atoms with van der Waals surface area (Å²) < 4.78 is 5.60. The summed E-state index contributed by atoms with van der Waals surface area (Å²) >= 11 is 0. The number of aryl methyl sites for hydroxylation is 2. The summed E-state index contributed by atoms with van der Waals surface area (Å²) in [5.74, 6) is 0. The number of nitrogens with zero attached hydrogens (tertiary/aromatic N) is 1. The molecule has 0 radical (unpaired) electrons. The Labute approximate surface area is 110 Å². The molecule has 1 heterocycles. The summed E-state index contributed by atoms with van der Waals surface area (Å²) in [5.41, 5.74) is 9.92. The third kappa shape index (κ3) is 2.68. The summed E-state index contributed by atoms with van der Waals surface area (Å²) in [6.07, 6.45) is 2.07. The standard InChI is InChI=1S/C15H24N2O/c1-3-13-6-4-5-12(2)15(13)17-9-10-18-11-14(17)7-8-16/h4-6,14H,3,7-11,16H2,1-2H3. The van der Waals surface area contributed by atoms with Crippen LogP contribution in [-0.2, 0) is 11.2 Å². The first-order valence-corrected chi connectivity index (χ1v) is 6.90. The molecule has 3 nitrogen and oxygen atoms in total. The Hall–Kier alpha value is -1.06. The van der Waals surface area contributed by atoms with E-state index in [4.69, 9.17) is 10.5 Å². The summed E-state index contributed by atoms with van der Waals surface area (Å²) in [6.45, 7) is 7.73. The van der Waals surface area contributed by atoms with Crippen molar-refractivity contribution in [1.29, 1.82) is 0 Å². The van der Waals surface area contributed by atoms with Crippen LogP contribution >= 0.6 is 0 Å². The second kappa shape index (κ2) is 6.21. The van der Waals surface area contributed by atoms with Crippen LogP contribution in [0.5, 0.6) is 0 Å². The van der Waals surface area contributed by atoms with Crippen LogP contribution in [0.2, 0.25) is 0 Å². The van der Waals surface area contributed by atoms with Crippen LogP contribution in [0.25, 0.3) is 0 Å². The van der Waals surface area contributed by atoms with Gasteiger partial charge in [0.2, 0.25) is 0 Å². The van der Waals surface area contributed by atoms with E-state index in [9.17, 15) is 0 Å². The number of para-hydroxylation sites is 1. The van der Waals surface area contributed by atoms with Gasteiger partial charge in [0.05, 0.1) is 19.3 Å². The zero-order valence-electron chi connectivity index (χ0n) is 11.5. The van der Waals surface area contributed by atoms with Crippen LogP contribution < -0.4 is 10.6 Å². The largest absolute Gasteiger partial charge is 0.377 e. The summed E-state index contributed by atoms with van der Waals surface area (Å²) in [4.78, 5) is 2.50. The van der Waals surface area contributed by atoms with Crippen LogP contribution in [0.15, 0.2) is 18.2 Å². The van der Waals surface area contributed by atoms with Gasteiger partial charge in [-0.25, -0.2) is 0 Å². The third-order valence-electron chi connectivity index (χ3n) is 3.72. The molecule has 1 unspecified atom stereocenters. The molecule has 0 aromatic heterocycles. The molecule has 100 valence electrons. The van der Waals surface area contributed by atoms with E-state index in [1.54, 1.807) is 0 Å². The van der Waals surface area contributed by atoms with E-state index >= 15 is 0 Å². The molecule has 0 saturated carbocycles. The van der Waals surface area contributed by atoms with Gasteiger partial charge in [0.1, 0.15) is 0 Å². The maximum atomic E-state index is 5.73. The number of rotatable bonds is 4. The molecule has 3 heteroatoms. The van der Waals surface area contributed by atoms with Crippen LogP contribution in [0.1, 0.15) is 24.5 Å². The summed E-state index contributed by atoms with van der Waals surface area (Å²) in [5, 5.41) is 0. The Morgan fingerprint density at radius 2 is 2.28 bits per heavy atom. The van der Waals surface area contributed by atoms with E-state index in [2.05, 4.69) is 36.9 Å². The Morgan fingerprint density at radius 3 is 3.00 bits per heavy atom. The maximum Gasteiger partial charge on any atom is 0.0671 e. The quantitative estimate of drug-likeness (QED) is 0.887. The Morgan fingerprint density at radius 1 is 1.44 bits per heavy atom. The fourth-order valence-corrected chi connectivity index (χ4v) is 2.80. The first-order valence-electron chi connectivity index (χ1n) is 6.90. The van der Waals surface area contributed by atoms with Gasteiger partial charge in [0, 0.05) is 12.2 Å². The molecule has 0 spiro atoms. The lowest BCUT2D eigenvalue weighted by Gasteiger charge is -2.39. The van der Waals surface area contributed by atoms with Gasteiger partial charge in [-0.15, -0.1) is 0 Å². The van der Waals surface area contributed by atoms with Crippen molar-refractivity contribution in [1.82, 2.24) is 0 Å². The molecule has 1 aromatic rings. The first-order chi connectivity index (χ1) is 8.77. The first kappa shape index (κ1) is 13.4. The molecule has 2 rings (SSSR count). The molecule has 1 fully saturated rings. The van der Waals surface area contributed by atoms with Gasteiger partial charge in [-0.05, 0) is 37.4 Å². The van der Waals surface area contributed by atoms with Crippen LogP contribution in [-0.4, -0.2) is 32.3 Å². The van der Waals surface area contributed by atoms with Crippen LogP contribution in [0, 0.1) is 6.92 Å². The Balaban J connectivity index is 2.32. The predicted octanol–water partition coefficient (Wildman–Crippen LogP) is 2.11. The van der Waals surface area contributed by atoms with Crippen LogP contribution in [0.3, 0.4) is 0 Å². The average molecular weight is 248 g/mol. The van der Waals surface area contributed by atoms with Crippen molar-refractivity contribution >= 4 is 5.69 Å². The van der Waals surface area contributed by atoms with Gasteiger partial charge >= 0.3 is 0 Å². The number of nitrogens with two attached hydrogens (primary N) is 1. The monoisotopic (exact) mass is 248 g/mol. The predicted molar refractivity (Wildman–Crippen MR) is 76.2 cm³/mol. The van der Waals surface area contributed by atoms with E-state index < -0.39 is 0 Å². The highest BCUT2D eigenvalue weighted by Gasteiger charge is 2.25. The molecule has 1 aromatic carbocycles. The van der Waals surface area contributed by atoms with Crippen molar-refractivity contribution in [3.63, 3.8) is 0 Å². The van der Waals surface area contributed by atoms with Gasteiger partial charge in [0.15, 0.2) is 0 Å². The molecule has 0 amide bonds. The fourth-order valence-electron chi connectivity index (χ4n) is 2.80. The second-order valence-electron chi connectivity index (χ2n) is 4.94. The highest BCUT2D eigenvalue weighted by Crippen LogP contribution is 2.29. The molecular formula is C15H24N2O. The van der Waals surface area contributed by atoms with Gasteiger partial charge in [0.25, 0.3) is 0 Å². The van der Waals surface area contributed by atoms with Crippen molar-refractivity contribution < 1.29 is 4.74 Å². The van der Waals surface area contributed by atoms with E-state index in [1.807, 2.05) is 0 Å². The minimum absolute atomic E-state index is 0.426. The molecule has 1 atom stereocenters. The number of ether oxygens (including phenoxy) is 1. The van der Waals surface area contributed by atoms with E-state index in [0.29, 0.717) is 6.04 Å². The Bertz CT molecular complexity index is 390. The second-order valence-corrected chi connectivity index (χ2v) is 4.94. The molecule has 2 N–H and O–H groups in total. The van der Waals surface area contributed by atoms with Gasteiger partial charge in [-0.3, -0.25) is 0 Å². The lowest BCUT2D eigenvalue weighted by Crippen LogP contribution is -2.47. The number of benzene rings is 1. The van der Waals surface area contributed by atoms with E-state index in [0.717, 1.165) is 39.1 Å². The Kier molecular flexibility index (Phi) is 4.61. The number of hydrogen-bond donors (Lipinski definition) is 1. The number of morpholine rings is 1.